The first-order chi connectivity index (χ1) is 5.81. The molecule has 2 aromatic rings. The maximum Gasteiger partial charge on any atom is 0.135 e. The fraction of sp³-hybridized carbons (Fsp3) is 0.125. The Morgan fingerprint density at radius 1 is 1.42 bits per heavy atom. The predicted octanol–water partition coefficient (Wildman–Crippen LogP) is 1.49. The summed E-state index contributed by atoms with van der Waals surface area (Å²) in [6.45, 7) is -0.0706. The first kappa shape index (κ1) is 7.52. The summed E-state index contributed by atoms with van der Waals surface area (Å²) >= 11 is 1.31. The third kappa shape index (κ3) is 1.05. The molecular weight excluding hydrogens is 174 g/mol. The molecule has 0 saturated carbocycles. The molecule has 1 aromatic heterocycles. The molecule has 0 bridgehead atoms. The molecule has 0 aliphatic rings. The third-order valence-electron chi connectivity index (χ3n) is 1.57. The van der Waals surface area contributed by atoms with Gasteiger partial charge in [0.2, 0.25) is 0 Å². The van der Waals surface area contributed by atoms with Crippen molar-refractivity contribution in [2.75, 3.05) is 0 Å². The number of benzene rings is 1. The Balaban J connectivity index is 2.74. The lowest BCUT2D eigenvalue weighted by molar-refractivity contribution is 0.281. The standard InChI is InChI=1S/C8H7NO2S/c10-4-7-9-5-2-1-3-6(11)8(5)12-7/h1-3,10-11H,4H2. The van der Waals surface area contributed by atoms with E-state index in [1.54, 1.807) is 12.1 Å². The summed E-state index contributed by atoms with van der Waals surface area (Å²) in [4.78, 5) is 4.10. The van der Waals surface area contributed by atoms with Crippen LogP contribution in [0.15, 0.2) is 18.2 Å². The second-order valence-corrected chi connectivity index (χ2v) is 3.47. The van der Waals surface area contributed by atoms with Gasteiger partial charge in [0.1, 0.15) is 10.8 Å². The van der Waals surface area contributed by atoms with Gasteiger partial charge < -0.3 is 10.2 Å². The van der Waals surface area contributed by atoms with Gasteiger partial charge in [-0.15, -0.1) is 11.3 Å². The molecule has 3 nitrogen and oxygen atoms in total. The van der Waals surface area contributed by atoms with Crippen molar-refractivity contribution in [2.24, 2.45) is 0 Å². The van der Waals surface area contributed by atoms with Crippen molar-refractivity contribution in [3.05, 3.63) is 23.2 Å². The van der Waals surface area contributed by atoms with E-state index in [9.17, 15) is 5.11 Å². The van der Waals surface area contributed by atoms with Crippen LogP contribution < -0.4 is 0 Å². The van der Waals surface area contributed by atoms with Crippen LogP contribution in [0.3, 0.4) is 0 Å². The highest BCUT2D eigenvalue weighted by molar-refractivity contribution is 7.18. The molecule has 0 aliphatic heterocycles. The monoisotopic (exact) mass is 181 g/mol. The lowest BCUT2D eigenvalue weighted by Crippen LogP contribution is -1.77. The van der Waals surface area contributed by atoms with Crippen LogP contribution in [-0.2, 0) is 6.61 Å². The minimum absolute atomic E-state index is 0.0706. The van der Waals surface area contributed by atoms with Gasteiger partial charge in [-0.05, 0) is 12.1 Å². The van der Waals surface area contributed by atoms with Crippen LogP contribution in [0.25, 0.3) is 10.2 Å². The highest BCUT2D eigenvalue weighted by Gasteiger charge is 2.05. The number of aromatic hydroxyl groups is 1. The molecular formula is C8H7NO2S. The van der Waals surface area contributed by atoms with Crippen LogP contribution in [0.1, 0.15) is 5.01 Å². The van der Waals surface area contributed by atoms with E-state index in [1.807, 2.05) is 6.07 Å². The number of hydrogen-bond acceptors (Lipinski definition) is 4. The molecule has 1 heterocycles. The number of rotatable bonds is 1. The minimum Gasteiger partial charge on any atom is -0.506 e. The second-order valence-electron chi connectivity index (χ2n) is 2.39. The molecule has 0 amide bonds. The first-order valence-corrected chi connectivity index (χ1v) is 4.31. The zero-order chi connectivity index (χ0) is 8.55. The van der Waals surface area contributed by atoms with E-state index >= 15 is 0 Å². The molecule has 1 aromatic carbocycles. The fourth-order valence-electron chi connectivity index (χ4n) is 1.05. The molecule has 0 aliphatic carbocycles. The molecule has 2 rings (SSSR count). The highest BCUT2D eigenvalue weighted by Crippen LogP contribution is 2.29. The van der Waals surface area contributed by atoms with Crippen LogP contribution in [0.2, 0.25) is 0 Å². The molecule has 0 atom stereocenters. The Bertz CT molecular complexity index is 410. The summed E-state index contributed by atoms with van der Waals surface area (Å²) < 4.78 is 0.738. The molecule has 0 fully saturated rings. The van der Waals surface area contributed by atoms with Crippen LogP contribution in [0.4, 0.5) is 0 Å². The number of phenols is 1. The summed E-state index contributed by atoms with van der Waals surface area (Å²) in [5.41, 5.74) is 0.740. The molecule has 12 heavy (non-hydrogen) atoms. The van der Waals surface area contributed by atoms with Crippen molar-refractivity contribution in [1.29, 1.82) is 0 Å². The quantitative estimate of drug-likeness (QED) is 0.700. The van der Waals surface area contributed by atoms with Gasteiger partial charge in [-0.2, -0.15) is 0 Å². The minimum atomic E-state index is -0.0706. The van der Waals surface area contributed by atoms with Crippen LogP contribution in [-0.4, -0.2) is 15.2 Å². The van der Waals surface area contributed by atoms with Crippen molar-refractivity contribution in [3.63, 3.8) is 0 Å². The van der Waals surface area contributed by atoms with Crippen molar-refractivity contribution in [3.8, 4) is 5.75 Å². The van der Waals surface area contributed by atoms with Crippen molar-refractivity contribution >= 4 is 21.6 Å². The number of fused-ring (bicyclic) bond motifs is 1. The van der Waals surface area contributed by atoms with E-state index in [4.69, 9.17) is 5.11 Å². The number of thiazole rings is 1. The fourth-order valence-corrected chi connectivity index (χ4v) is 1.88. The number of aliphatic hydroxyl groups is 1. The molecule has 0 spiro atoms. The normalized spacial score (nSPS) is 10.8. The number of nitrogens with zero attached hydrogens (tertiary/aromatic N) is 1. The maximum atomic E-state index is 9.37. The summed E-state index contributed by atoms with van der Waals surface area (Å²) in [5.74, 6) is 0.227. The average Bonchev–Trinajstić information content (AvgIpc) is 2.49. The Labute approximate surface area is 72.9 Å². The molecule has 0 saturated heterocycles. The van der Waals surface area contributed by atoms with E-state index in [1.165, 1.54) is 11.3 Å². The molecule has 62 valence electrons. The van der Waals surface area contributed by atoms with Crippen molar-refractivity contribution in [2.45, 2.75) is 6.61 Å². The summed E-state index contributed by atoms with van der Waals surface area (Å²) in [5, 5.41) is 18.8. The summed E-state index contributed by atoms with van der Waals surface area (Å²) in [6.07, 6.45) is 0. The van der Waals surface area contributed by atoms with E-state index in [2.05, 4.69) is 4.98 Å². The van der Waals surface area contributed by atoms with Crippen LogP contribution in [0, 0.1) is 0 Å². The lowest BCUT2D eigenvalue weighted by atomic mass is 10.3. The van der Waals surface area contributed by atoms with Gasteiger partial charge in [-0.1, -0.05) is 6.07 Å². The SMILES string of the molecule is OCc1nc2cccc(O)c2s1. The summed E-state index contributed by atoms with van der Waals surface area (Å²) in [7, 11) is 0. The number of hydrogen-bond donors (Lipinski definition) is 2. The van der Waals surface area contributed by atoms with Gasteiger partial charge in [0.25, 0.3) is 0 Å². The Hall–Kier alpha value is -1.13. The third-order valence-corrected chi connectivity index (χ3v) is 2.65. The van der Waals surface area contributed by atoms with E-state index in [0.29, 0.717) is 5.01 Å². The van der Waals surface area contributed by atoms with E-state index in [-0.39, 0.29) is 12.4 Å². The number of aliphatic hydroxyl groups excluding tert-OH is 1. The van der Waals surface area contributed by atoms with Crippen LogP contribution in [0.5, 0.6) is 5.75 Å². The number of aromatic nitrogens is 1. The molecule has 0 unspecified atom stereocenters. The van der Waals surface area contributed by atoms with Crippen molar-refractivity contribution in [1.82, 2.24) is 4.98 Å². The van der Waals surface area contributed by atoms with Gasteiger partial charge in [0.05, 0.1) is 16.8 Å². The molecule has 2 N–H and O–H groups in total. The topological polar surface area (TPSA) is 53.4 Å². The maximum absolute atomic E-state index is 9.37. The highest BCUT2D eigenvalue weighted by atomic mass is 32.1. The van der Waals surface area contributed by atoms with E-state index < -0.39 is 0 Å². The largest absolute Gasteiger partial charge is 0.506 e. The first-order valence-electron chi connectivity index (χ1n) is 3.49. The summed E-state index contributed by atoms with van der Waals surface area (Å²) in [6, 6.07) is 5.16. The van der Waals surface area contributed by atoms with Gasteiger partial charge >= 0.3 is 0 Å². The Morgan fingerprint density at radius 3 is 2.92 bits per heavy atom. The Morgan fingerprint density at radius 2 is 2.25 bits per heavy atom. The van der Waals surface area contributed by atoms with Crippen LogP contribution >= 0.6 is 11.3 Å². The lowest BCUT2D eigenvalue weighted by Gasteiger charge is -1.89. The zero-order valence-corrected chi connectivity index (χ0v) is 7.01. The predicted molar refractivity (Wildman–Crippen MR) is 47.2 cm³/mol. The second kappa shape index (κ2) is 2.73. The van der Waals surface area contributed by atoms with Gasteiger partial charge in [-0.3, -0.25) is 0 Å². The van der Waals surface area contributed by atoms with Gasteiger partial charge in [0, 0.05) is 0 Å². The van der Waals surface area contributed by atoms with Crippen molar-refractivity contribution < 1.29 is 10.2 Å². The zero-order valence-electron chi connectivity index (χ0n) is 6.19. The molecule has 4 heteroatoms. The van der Waals surface area contributed by atoms with Gasteiger partial charge in [0.15, 0.2) is 0 Å². The van der Waals surface area contributed by atoms with E-state index in [0.717, 1.165) is 10.2 Å². The number of phenolic OH excluding ortho intramolecular Hbond substituents is 1. The average molecular weight is 181 g/mol. The smallest absolute Gasteiger partial charge is 0.135 e. The Kier molecular flexibility index (Phi) is 1.71. The van der Waals surface area contributed by atoms with Gasteiger partial charge in [-0.25, -0.2) is 4.98 Å². The molecule has 0 radical (unpaired) electrons.